The molecule has 0 aliphatic heterocycles. The summed E-state index contributed by atoms with van der Waals surface area (Å²) in [6, 6.07) is 0. The Morgan fingerprint density at radius 1 is 1.31 bits per heavy atom. The molecule has 16 heavy (non-hydrogen) atoms. The van der Waals surface area contributed by atoms with Crippen molar-refractivity contribution >= 4 is 6.09 Å². The number of hydrogen-bond acceptors (Lipinski definition) is 2. The van der Waals surface area contributed by atoms with Gasteiger partial charge in [-0.25, -0.2) is 4.79 Å². The zero-order valence-corrected chi connectivity index (χ0v) is 9.94. The number of alkyl halides is 3. The highest BCUT2D eigenvalue weighted by atomic mass is 19.4. The van der Waals surface area contributed by atoms with Crippen molar-refractivity contribution in [2.75, 3.05) is 13.2 Å². The second-order valence-corrected chi connectivity index (χ2v) is 4.84. The largest absolute Gasteiger partial charge is 0.440 e. The van der Waals surface area contributed by atoms with Crippen LogP contribution in [0.25, 0.3) is 0 Å². The fraction of sp³-hybridized carbons (Fsp3) is 0.900. The van der Waals surface area contributed by atoms with Crippen LogP contribution >= 0.6 is 0 Å². The Labute approximate surface area is 93.3 Å². The van der Waals surface area contributed by atoms with E-state index in [-0.39, 0.29) is 11.3 Å². The predicted molar refractivity (Wildman–Crippen MR) is 54.0 cm³/mol. The van der Waals surface area contributed by atoms with Gasteiger partial charge in [0.2, 0.25) is 0 Å². The molecule has 0 heterocycles. The van der Waals surface area contributed by atoms with Gasteiger partial charge in [0, 0.05) is 6.54 Å². The monoisotopic (exact) mass is 241 g/mol. The number of nitrogens with one attached hydrogen (secondary N) is 1. The predicted octanol–water partition coefficient (Wildman–Crippen LogP) is 2.96. The van der Waals surface area contributed by atoms with Crippen LogP contribution in [0.4, 0.5) is 18.0 Å². The van der Waals surface area contributed by atoms with Crippen LogP contribution < -0.4 is 5.32 Å². The molecule has 96 valence electrons. The Morgan fingerprint density at radius 3 is 2.19 bits per heavy atom. The fourth-order valence-electron chi connectivity index (χ4n) is 0.741. The molecule has 0 aromatic rings. The van der Waals surface area contributed by atoms with Crippen molar-refractivity contribution in [3.8, 4) is 0 Å². The molecule has 1 atom stereocenters. The molecule has 0 aliphatic rings. The van der Waals surface area contributed by atoms with Crippen LogP contribution in [0.2, 0.25) is 0 Å². The number of rotatable bonds is 3. The number of halogens is 3. The molecule has 0 rings (SSSR count). The SMILES string of the molecule is CC(CNC(=O)OCC(F)(F)F)C(C)(C)C. The summed E-state index contributed by atoms with van der Waals surface area (Å²) in [6.45, 7) is 6.61. The van der Waals surface area contributed by atoms with E-state index < -0.39 is 18.9 Å². The zero-order chi connectivity index (χ0) is 13.0. The summed E-state index contributed by atoms with van der Waals surface area (Å²) in [5.74, 6) is 0.144. The summed E-state index contributed by atoms with van der Waals surface area (Å²) < 4.78 is 39.1. The number of alkyl carbamates (subject to hydrolysis) is 1. The van der Waals surface area contributed by atoms with Crippen molar-refractivity contribution in [3.05, 3.63) is 0 Å². The van der Waals surface area contributed by atoms with E-state index >= 15 is 0 Å². The summed E-state index contributed by atoms with van der Waals surface area (Å²) in [5, 5.41) is 2.30. The van der Waals surface area contributed by atoms with Gasteiger partial charge in [0.15, 0.2) is 6.61 Å². The van der Waals surface area contributed by atoms with Crippen LogP contribution in [0.15, 0.2) is 0 Å². The Balaban J connectivity index is 3.83. The molecule has 0 aliphatic carbocycles. The molecular formula is C10H18F3NO2. The summed E-state index contributed by atoms with van der Waals surface area (Å²) in [4.78, 5) is 10.9. The zero-order valence-electron chi connectivity index (χ0n) is 9.94. The van der Waals surface area contributed by atoms with Crippen molar-refractivity contribution in [1.82, 2.24) is 5.32 Å². The van der Waals surface area contributed by atoms with E-state index in [4.69, 9.17) is 0 Å². The molecule has 0 aromatic carbocycles. The van der Waals surface area contributed by atoms with Crippen molar-refractivity contribution < 1.29 is 22.7 Å². The lowest BCUT2D eigenvalue weighted by atomic mass is 9.82. The first kappa shape index (κ1) is 15.1. The van der Waals surface area contributed by atoms with Gasteiger partial charge >= 0.3 is 12.3 Å². The van der Waals surface area contributed by atoms with Gasteiger partial charge in [0.05, 0.1) is 0 Å². The quantitative estimate of drug-likeness (QED) is 0.825. The number of amides is 1. The normalized spacial score (nSPS) is 14.4. The highest BCUT2D eigenvalue weighted by Crippen LogP contribution is 2.24. The van der Waals surface area contributed by atoms with Gasteiger partial charge in [-0.1, -0.05) is 27.7 Å². The number of carbonyl (C=O) groups is 1. The van der Waals surface area contributed by atoms with Gasteiger partial charge in [-0.05, 0) is 11.3 Å². The number of carbonyl (C=O) groups excluding carboxylic acids is 1. The summed E-state index contributed by atoms with van der Waals surface area (Å²) in [7, 11) is 0. The lowest BCUT2D eigenvalue weighted by Crippen LogP contribution is -2.35. The molecule has 0 bridgehead atoms. The minimum absolute atomic E-state index is 0.0166. The smallest absolute Gasteiger partial charge is 0.422 e. The standard InChI is InChI=1S/C10H18F3NO2/c1-7(9(2,3)4)5-14-8(15)16-6-10(11,12)13/h7H,5-6H2,1-4H3,(H,14,15). The molecule has 3 nitrogen and oxygen atoms in total. The summed E-state index contributed by atoms with van der Waals surface area (Å²) >= 11 is 0. The van der Waals surface area contributed by atoms with Crippen molar-refractivity contribution in [3.63, 3.8) is 0 Å². The molecule has 0 fully saturated rings. The van der Waals surface area contributed by atoms with Gasteiger partial charge in [-0.2, -0.15) is 13.2 Å². The van der Waals surface area contributed by atoms with Crippen LogP contribution in [0.1, 0.15) is 27.7 Å². The first-order valence-corrected chi connectivity index (χ1v) is 5.00. The Hall–Kier alpha value is -0.940. The first-order valence-electron chi connectivity index (χ1n) is 5.00. The maximum atomic E-state index is 11.7. The Morgan fingerprint density at radius 2 is 1.81 bits per heavy atom. The number of ether oxygens (including phenoxy) is 1. The van der Waals surface area contributed by atoms with Gasteiger partial charge in [-0.15, -0.1) is 0 Å². The second-order valence-electron chi connectivity index (χ2n) is 4.84. The molecule has 1 unspecified atom stereocenters. The Kier molecular flexibility index (Phi) is 5.09. The summed E-state index contributed by atoms with van der Waals surface area (Å²) in [5.41, 5.74) is -0.0166. The minimum Gasteiger partial charge on any atom is -0.440 e. The van der Waals surface area contributed by atoms with Crippen LogP contribution in [0.3, 0.4) is 0 Å². The van der Waals surface area contributed by atoms with Crippen LogP contribution in [0, 0.1) is 11.3 Å². The van der Waals surface area contributed by atoms with Crippen molar-refractivity contribution in [1.29, 1.82) is 0 Å². The highest BCUT2D eigenvalue weighted by molar-refractivity contribution is 5.67. The average Bonchev–Trinajstić information content (AvgIpc) is 2.08. The molecular weight excluding hydrogens is 223 g/mol. The van der Waals surface area contributed by atoms with Crippen molar-refractivity contribution in [2.45, 2.75) is 33.9 Å². The molecule has 0 spiro atoms. The van der Waals surface area contributed by atoms with E-state index in [1.807, 2.05) is 27.7 Å². The molecule has 6 heteroatoms. The van der Waals surface area contributed by atoms with E-state index in [0.717, 1.165) is 0 Å². The third-order valence-corrected chi connectivity index (χ3v) is 2.40. The van der Waals surface area contributed by atoms with Crippen LogP contribution in [-0.2, 0) is 4.74 Å². The van der Waals surface area contributed by atoms with E-state index in [0.29, 0.717) is 6.54 Å². The maximum absolute atomic E-state index is 11.7. The fourth-order valence-corrected chi connectivity index (χ4v) is 0.741. The molecule has 0 aromatic heterocycles. The van der Waals surface area contributed by atoms with Crippen molar-refractivity contribution in [2.24, 2.45) is 11.3 Å². The molecule has 0 radical (unpaired) electrons. The van der Waals surface area contributed by atoms with E-state index in [1.54, 1.807) is 0 Å². The highest BCUT2D eigenvalue weighted by Gasteiger charge is 2.29. The van der Waals surface area contributed by atoms with Gasteiger partial charge < -0.3 is 10.1 Å². The third kappa shape index (κ3) is 7.36. The van der Waals surface area contributed by atoms with E-state index in [1.165, 1.54) is 0 Å². The molecule has 0 saturated heterocycles. The van der Waals surface area contributed by atoms with E-state index in [9.17, 15) is 18.0 Å². The molecule has 1 N–H and O–H groups in total. The Bertz CT molecular complexity index is 233. The topological polar surface area (TPSA) is 38.3 Å². The summed E-state index contributed by atoms with van der Waals surface area (Å²) in [6.07, 6.45) is -5.51. The van der Waals surface area contributed by atoms with Crippen LogP contribution in [0.5, 0.6) is 0 Å². The lowest BCUT2D eigenvalue weighted by Gasteiger charge is -2.27. The third-order valence-electron chi connectivity index (χ3n) is 2.40. The van der Waals surface area contributed by atoms with Gasteiger partial charge in [-0.3, -0.25) is 0 Å². The van der Waals surface area contributed by atoms with Crippen LogP contribution in [-0.4, -0.2) is 25.4 Å². The average molecular weight is 241 g/mol. The maximum Gasteiger partial charge on any atom is 0.422 e. The van der Waals surface area contributed by atoms with E-state index in [2.05, 4.69) is 10.1 Å². The minimum atomic E-state index is -4.48. The lowest BCUT2D eigenvalue weighted by molar-refractivity contribution is -0.160. The van der Waals surface area contributed by atoms with Gasteiger partial charge in [0.1, 0.15) is 0 Å². The van der Waals surface area contributed by atoms with Gasteiger partial charge in [0.25, 0.3) is 0 Å². The second kappa shape index (κ2) is 5.41. The molecule has 1 amide bonds. The number of hydrogen-bond donors (Lipinski definition) is 1. The molecule has 0 saturated carbocycles. The first-order chi connectivity index (χ1) is 7.02.